The van der Waals surface area contributed by atoms with Crippen molar-refractivity contribution in [1.29, 1.82) is 0 Å². The average Bonchev–Trinajstić information content (AvgIpc) is 2.60. The Labute approximate surface area is 94.5 Å². The summed E-state index contributed by atoms with van der Waals surface area (Å²) in [5.74, 6) is 1.48. The van der Waals surface area contributed by atoms with E-state index in [9.17, 15) is 5.11 Å². The van der Waals surface area contributed by atoms with Crippen LogP contribution in [0.2, 0.25) is 0 Å². The van der Waals surface area contributed by atoms with Crippen molar-refractivity contribution in [3.8, 4) is 0 Å². The molecular weight excluding hydrogens is 186 g/mol. The first-order chi connectivity index (χ1) is 7.13. The molecule has 1 aliphatic carbocycles. The highest BCUT2D eigenvalue weighted by atomic mass is 16.3. The van der Waals surface area contributed by atoms with Crippen LogP contribution in [0, 0.1) is 11.8 Å². The van der Waals surface area contributed by atoms with E-state index < -0.39 is 0 Å². The molecule has 0 bridgehead atoms. The van der Waals surface area contributed by atoms with Gasteiger partial charge in [0.25, 0.3) is 0 Å². The summed E-state index contributed by atoms with van der Waals surface area (Å²) in [6.45, 7) is 7.45. The van der Waals surface area contributed by atoms with Crippen molar-refractivity contribution >= 4 is 0 Å². The van der Waals surface area contributed by atoms with Crippen molar-refractivity contribution in [3.05, 3.63) is 0 Å². The fraction of sp³-hybridized carbons (Fsp3) is 1.00. The van der Waals surface area contributed by atoms with Gasteiger partial charge in [0.2, 0.25) is 0 Å². The molecule has 0 radical (unpaired) electrons. The Hall–Kier alpha value is -0.0800. The van der Waals surface area contributed by atoms with Crippen LogP contribution in [0.4, 0.5) is 0 Å². The second-order valence-electron chi connectivity index (χ2n) is 5.30. The van der Waals surface area contributed by atoms with Gasteiger partial charge in [-0.1, -0.05) is 26.7 Å². The van der Waals surface area contributed by atoms with Crippen LogP contribution in [-0.4, -0.2) is 23.8 Å². The topological polar surface area (TPSA) is 32.3 Å². The minimum atomic E-state index is -0.160. The molecule has 0 saturated heterocycles. The summed E-state index contributed by atoms with van der Waals surface area (Å²) in [5.41, 5.74) is 0. The molecule has 0 amide bonds. The zero-order valence-electron chi connectivity index (χ0n) is 10.5. The van der Waals surface area contributed by atoms with Crippen molar-refractivity contribution in [1.82, 2.24) is 5.32 Å². The van der Waals surface area contributed by atoms with E-state index in [1.807, 2.05) is 6.92 Å². The second-order valence-corrected chi connectivity index (χ2v) is 5.30. The number of aliphatic hydroxyl groups excluding tert-OH is 1. The number of aliphatic hydroxyl groups is 1. The molecule has 0 aromatic heterocycles. The van der Waals surface area contributed by atoms with E-state index in [0.717, 1.165) is 24.9 Å². The number of nitrogens with one attached hydrogen (secondary N) is 1. The Morgan fingerprint density at radius 1 is 1.33 bits per heavy atom. The van der Waals surface area contributed by atoms with Gasteiger partial charge in [-0.2, -0.15) is 0 Å². The van der Waals surface area contributed by atoms with Gasteiger partial charge < -0.3 is 10.4 Å². The summed E-state index contributed by atoms with van der Waals surface area (Å²) in [4.78, 5) is 0. The van der Waals surface area contributed by atoms with E-state index in [-0.39, 0.29) is 6.10 Å². The first kappa shape index (κ1) is 13.0. The smallest absolute Gasteiger partial charge is 0.0515 e. The van der Waals surface area contributed by atoms with Crippen LogP contribution in [0.25, 0.3) is 0 Å². The van der Waals surface area contributed by atoms with Crippen molar-refractivity contribution in [3.63, 3.8) is 0 Å². The molecule has 1 aliphatic rings. The van der Waals surface area contributed by atoms with Gasteiger partial charge in [0, 0.05) is 6.04 Å². The first-order valence-electron chi connectivity index (χ1n) is 6.55. The van der Waals surface area contributed by atoms with E-state index in [2.05, 4.69) is 19.2 Å². The zero-order valence-corrected chi connectivity index (χ0v) is 10.5. The zero-order chi connectivity index (χ0) is 11.3. The van der Waals surface area contributed by atoms with E-state index in [1.165, 1.54) is 25.7 Å². The van der Waals surface area contributed by atoms with E-state index in [4.69, 9.17) is 0 Å². The monoisotopic (exact) mass is 213 g/mol. The molecule has 1 saturated carbocycles. The lowest BCUT2D eigenvalue weighted by atomic mass is 9.99. The normalized spacial score (nSPS) is 30.4. The summed E-state index contributed by atoms with van der Waals surface area (Å²) in [5, 5.41) is 13.0. The lowest BCUT2D eigenvalue weighted by Gasteiger charge is -2.22. The number of hydrogen-bond acceptors (Lipinski definition) is 2. The third kappa shape index (κ3) is 4.52. The van der Waals surface area contributed by atoms with Gasteiger partial charge in [0.05, 0.1) is 6.10 Å². The lowest BCUT2D eigenvalue weighted by molar-refractivity contribution is 0.161. The third-order valence-electron chi connectivity index (χ3n) is 3.66. The molecule has 2 N–H and O–H groups in total. The minimum Gasteiger partial charge on any atom is -0.393 e. The lowest BCUT2D eigenvalue weighted by Crippen LogP contribution is -2.35. The van der Waals surface area contributed by atoms with Crippen molar-refractivity contribution in [2.24, 2.45) is 11.8 Å². The maximum absolute atomic E-state index is 9.29. The molecule has 0 aromatic rings. The van der Waals surface area contributed by atoms with Gasteiger partial charge in [0.1, 0.15) is 0 Å². The molecule has 1 fully saturated rings. The Morgan fingerprint density at radius 2 is 2.07 bits per heavy atom. The minimum absolute atomic E-state index is 0.160. The van der Waals surface area contributed by atoms with Gasteiger partial charge in [-0.05, 0) is 44.6 Å². The highest BCUT2D eigenvalue weighted by molar-refractivity contribution is 4.82. The van der Waals surface area contributed by atoms with Gasteiger partial charge in [-0.15, -0.1) is 0 Å². The molecule has 15 heavy (non-hydrogen) atoms. The molecule has 2 heteroatoms. The highest BCUT2D eigenvalue weighted by Gasteiger charge is 2.25. The largest absolute Gasteiger partial charge is 0.393 e. The number of rotatable bonds is 6. The van der Waals surface area contributed by atoms with E-state index in [1.54, 1.807) is 0 Å². The van der Waals surface area contributed by atoms with Gasteiger partial charge in [-0.25, -0.2) is 0 Å². The van der Waals surface area contributed by atoms with Crippen LogP contribution in [-0.2, 0) is 0 Å². The molecule has 4 unspecified atom stereocenters. The van der Waals surface area contributed by atoms with E-state index >= 15 is 0 Å². The Kier molecular flexibility index (Phi) is 5.62. The van der Waals surface area contributed by atoms with Crippen LogP contribution in [0.1, 0.15) is 52.9 Å². The van der Waals surface area contributed by atoms with Crippen LogP contribution < -0.4 is 5.32 Å². The van der Waals surface area contributed by atoms with Gasteiger partial charge >= 0.3 is 0 Å². The fourth-order valence-corrected chi connectivity index (χ4v) is 2.81. The maximum Gasteiger partial charge on any atom is 0.0515 e. The third-order valence-corrected chi connectivity index (χ3v) is 3.66. The Balaban J connectivity index is 2.18. The Bertz CT molecular complexity index is 170. The maximum atomic E-state index is 9.29. The van der Waals surface area contributed by atoms with Crippen molar-refractivity contribution < 1.29 is 5.11 Å². The number of hydrogen-bond donors (Lipinski definition) is 2. The van der Waals surface area contributed by atoms with Crippen LogP contribution in [0.3, 0.4) is 0 Å². The molecular formula is C13H27NO. The second kappa shape index (κ2) is 6.49. The standard InChI is InChI=1S/C13H27NO/c1-4-12-6-5-7-13(12)14-9-10(2)8-11(3)15/h10-15H,4-9H2,1-3H3. The molecule has 1 rings (SSSR count). The van der Waals surface area contributed by atoms with Crippen molar-refractivity contribution in [2.45, 2.75) is 65.0 Å². The average molecular weight is 213 g/mol. The summed E-state index contributed by atoms with van der Waals surface area (Å²) in [6, 6.07) is 0.742. The molecule has 0 spiro atoms. The van der Waals surface area contributed by atoms with Crippen molar-refractivity contribution in [2.75, 3.05) is 6.54 Å². The predicted molar refractivity (Wildman–Crippen MR) is 64.9 cm³/mol. The van der Waals surface area contributed by atoms with Crippen LogP contribution >= 0.6 is 0 Å². The molecule has 2 nitrogen and oxygen atoms in total. The molecule has 0 aromatic carbocycles. The van der Waals surface area contributed by atoms with Gasteiger partial charge in [0.15, 0.2) is 0 Å². The molecule has 0 aliphatic heterocycles. The first-order valence-corrected chi connectivity index (χ1v) is 6.55. The van der Waals surface area contributed by atoms with Crippen LogP contribution in [0.15, 0.2) is 0 Å². The van der Waals surface area contributed by atoms with Crippen LogP contribution in [0.5, 0.6) is 0 Å². The molecule has 90 valence electrons. The van der Waals surface area contributed by atoms with Gasteiger partial charge in [-0.3, -0.25) is 0 Å². The summed E-state index contributed by atoms with van der Waals surface area (Å²) >= 11 is 0. The quantitative estimate of drug-likeness (QED) is 0.711. The predicted octanol–water partition coefficient (Wildman–Crippen LogP) is 2.56. The summed E-state index contributed by atoms with van der Waals surface area (Å²) in [7, 11) is 0. The molecule has 4 atom stereocenters. The summed E-state index contributed by atoms with van der Waals surface area (Å²) < 4.78 is 0. The SMILES string of the molecule is CCC1CCCC1NCC(C)CC(C)O. The fourth-order valence-electron chi connectivity index (χ4n) is 2.81. The highest BCUT2D eigenvalue weighted by Crippen LogP contribution is 2.28. The molecule has 0 heterocycles. The van der Waals surface area contributed by atoms with E-state index in [0.29, 0.717) is 5.92 Å². The Morgan fingerprint density at radius 3 is 2.67 bits per heavy atom. The summed E-state index contributed by atoms with van der Waals surface area (Å²) in [6.07, 6.45) is 6.20.